The Morgan fingerprint density at radius 1 is 1.41 bits per heavy atom. The van der Waals surface area contributed by atoms with Crippen LogP contribution in [0.25, 0.3) is 0 Å². The molecule has 17 heavy (non-hydrogen) atoms. The molecule has 1 atom stereocenters. The molecule has 0 aliphatic carbocycles. The van der Waals surface area contributed by atoms with Gasteiger partial charge >= 0.3 is 12.3 Å². The molecule has 1 unspecified atom stereocenters. The topological polar surface area (TPSA) is 32.8 Å². The van der Waals surface area contributed by atoms with Crippen molar-refractivity contribution in [1.82, 2.24) is 9.80 Å². The summed E-state index contributed by atoms with van der Waals surface area (Å²) in [6.45, 7) is 3.59. The summed E-state index contributed by atoms with van der Waals surface area (Å²) in [6.07, 6.45) is -3.58. The number of hydrogen-bond donors (Lipinski definition) is 0. The van der Waals surface area contributed by atoms with Crippen molar-refractivity contribution < 1.29 is 22.7 Å². The SMILES string of the molecule is C=CN1CC(C2CN(CC(F)(F)F)C2)OC1=O. The van der Waals surface area contributed by atoms with Gasteiger partial charge in [-0.15, -0.1) is 0 Å². The summed E-state index contributed by atoms with van der Waals surface area (Å²) in [5.41, 5.74) is 0. The van der Waals surface area contributed by atoms with E-state index in [2.05, 4.69) is 6.58 Å². The van der Waals surface area contributed by atoms with Gasteiger partial charge in [-0.3, -0.25) is 9.80 Å². The first-order valence-corrected chi connectivity index (χ1v) is 5.28. The lowest BCUT2D eigenvalue weighted by atomic mass is 9.93. The highest BCUT2D eigenvalue weighted by molar-refractivity contribution is 5.71. The third kappa shape index (κ3) is 2.71. The number of carbonyl (C=O) groups is 1. The van der Waals surface area contributed by atoms with E-state index >= 15 is 0 Å². The van der Waals surface area contributed by atoms with Crippen molar-refractivity contribution in [2.75, 3.05) is 26.2 Å². The summed E-state index contributed by atoms with van der Waals surface area (Å²) < 4.78 is 41.2. The van der Waals surface area contributed by atoms with Gasteiger partial charge in [-0.1, -0.05) is 6.58 Å². The van der Waals surface area contributed by atoms with Crippen LogP contribution in [0.1, 0.15) is 0 Å². The average Bonchev–Trinajstić information content (AvgIpc) is 2.50. The Labute approximate surface area is 96.6 Å². The van der Waals surface area contributed by atoms with E-state index in [1.54, 1.807) is 0 Å². The van der Waals surface area contributed by atoms with E-state index < -0.39 is 18.8 Å². The van der Waals surface area contributed by atoms with Crippen molar-refractivity contribution in [3.05, 3.63) is 12.8 Å². The first-order chi connectivity index (χ1) is 7.89. The molecule has 2 aliphatic rings. The zero-order valence-electron chi connectivity index (χ0n) is 9.11. The second-order valence-electron chi connectivity index (χ2n) is 4.33. The lowest BCUT2D eigenvalue weighted by Crippen LogP contribution is -2.55. The second kappa shape index (κ2) is 4.21. The van der Waals surface area contributed by atoms with Crippen molar-refractivity contribution in [2.45, 2.75) is 12.3 Å². The van der Waals surface area contributed by atoms with Crippen LogP contribution in [0.15, 0.2) is 12.8 Å². The monoisotopic (exact) mass is 250 g/mol. The number of ether oxygens (including phenoxy) is 1. The Balaban J connectivity index is 1.77. The number of nitrogens with zero attached hydrogens (tertiary/aromatic N) is 2. The van der Waals surface area contributed by atoms with Crippen molar-refractivity contribution in [3.8, 4) is 0 Å². The molecular formula is C10H13F3N2O2. The summed E-state index contributed by atoms with van der Waals surface area (Å²) >= 11 is 0. The summed E-state index contributed by atoms with van der Waals surface area (Å²) in [5.74, 6) is -0.00810. The summed E-state index contributed by atoms with van der Waals surface area (Å²) in [7, 11) is 0. The molecule has 0 spiro atoms. The van der Waals surface area contributed by atoms with Crippen LogP contribution < -0.4 is 0 Å². The van der Waals surface area contributed by atoms with Gasteiger partial charge in [0.2, 0.25) is 0 Å². The molecule has 2 aliphatic heterocycles. The Morgan fingerprint density at radius 2 is 2.06 bits per heavy atom. The number of alkyl halides is 3. The molecule has 7 heteroatoms. The normalized spacial score (nSPS) is 26.9. The van der Waals surface area contributed by atoms with E-state index in [4.69, 9.17) is 4.74 Å². The van der Waals surface area contributed by atoms with Crippen LogP contribution >= 0.6 is 0 Å². The first kappa shape index (κ1) is 12.2. The molecule has 0 saturated carbocycles. The first-order valence-electron chi connectivity index (χ1n) is 5.28. The maximum atomic E-state index is 12.1. The van der Waals surface area contributed by atoms with Crippen molar-refractivity contribution in [1.29, 1.82) is 0 Å². The van der Waals surface area contributed by atoms with Gasteiger partial charge in [0.1, 0.15) is 6.10 Å². The fraction of sp³-hybridized carbons (Fsp3) is 0.700. The van der Waals surface area contributed by atoms with Crippen LogP contribution in [-0.4, -0.2) is 54.4 Å². The van der Waals surface area contributed by atoms with E-state index in [1.807, 2.05) is 0 Å². The van der Waals surface area contributed by atoms with E-state index in [9.17, 15) is 18.0 Å². The van der Waals surface area contributed by atoms with Crippen molar-refractivity contribution in [3.63, 3.8) is 0 Å². The fourth-order valence-electron chi connectivity index (χ4n) is 2.12. The highest BCUT2D eigenvalue weighted by atomic mass is 19.4. The van der Waals surface area contributed by atoms with Crippen molar-refractivity contribution >= 4 is 6.09 Å². The van der Waals surface area contributed by atoms with Crippen LogP contribution in [0.3, 0.4) is 0 Å². The molecule has 2 heterocycles. The molecule has 2 rings (SSSR count). The minimum Gasteiger partial charge on any atom is -0.444 e. The van der Waals surface area contributed by atoms with E-state index in [-0.39, 0.29) is 12.0 Å². The summed E-state index contributed by atoms with van der Waals surface area (Å²) in [4.78, 5) is 13.8. The zero-order chi connectivity index (χ0) is 12.6. The van der Waals surface area contributed by atoms with E-state index in [0.717, 1.165) is 0 Å². The quantitative estimate of drug-likeness (QED) is 0.760. The third-order valence-corrected chi connectivity index (χ3v) is 3.00. The molecule has 0 aromatic rings. The van der Waals surface area contributed by atoms with Crippen LogP contribution in [0, 0.1) is 5.92 Å². The smallest absolute Gasteiger partial charge is 0.414 e. The molecule has 2 fully saturated rings. The van der Waals surface area contributed by atoms with E-state index in [1.165, 1.54) is 16.0 Å². The molecule has 1 amide bonds. The Hall–Kier alpha value is -1.24. The van der Waals surface area contributed by atoms with Gasteiger partial charge in [0.15, 0.2) is 0 Å². The van der Waals surface area contributed by atoms with Gasteiger partial charge in [0.25, 0.3) is 0 Å². The zero-order valence-corrected chi connectivity index (χ0v) is 9.11. The minimum atomic E-state index is -4.16. The number of carbonyl (C=O) groups excluding carboxylic acids is 1. The molecule has 0 radical (unpaired) electrons. The Bertz CT molecular complexity index is 326. The lowest BCUT2D eigenvalue weighted by molar-refractivity contribution is -0.163. The second-order valence-corrected chi connectivity index (χ2v) is 4.33. The van der Waals surface area contributed by atoms with Crippen LogP contribution in [0.2, 0.25) is 0 Å². The average molecular weight is 250 g/mol. The number of amides is 1. The van der Waals surface area contributed by atoms with Crippen LogP contribution in [0.4, 0.5) is 18.0 Å². The minimum absolute atomic E-state index is 0.00810. The molecule has 4 nitrogen and oxygen atoms in total. The number of hydrogen-bond acceptors (Lipinski definition) is 3. The van der Waals surface area contributed by atoms with Gasteiger partial charge in [-0.05, 0) is 0 Å². The van der Waals surface area contributed by atoms with Gasteiger partial charge in [-0.25, -0.2) is 4.79 Å². The summed E-state index contributed by atoms with van der Waals surface area (Å²) in [5, 5.41) is 0. The predicted molar refractivity (Wildman–Crippen MR) is 53.2 cm³/mol. The summed E-state index contributed by atoms with van der Waals surface area (Å²) in [6, 6.07) is 0. The molecule has 2 saturated heterocycles. The number of halogens is 3. The van der Waals surface area contributed by atoms with Gasteiger partial charge < -0.3 is 4.74 Å². The number of likely N-dealkylation sites (tertiary alicyclic amines) is 1. The standard InChI is InChI=1S/C10H13F3N2O2/c1-2-15-5-8(17-9(15)16)7-3-14(4-7)6-10(11,12)13/h2,7-8H,1,3-6H2. The molecule has 0 N–H and O–H groups in total. The highest BCUT2D eigenvalue weighted by Gasteiger charge is 2.44. The van der Waals surface area contributed by atoms with Crippen LogP contribution in [0.5, 0.6) is 0 Å². The van der Waals surface area contributed by atoms with E-state index in [0.29, 0.717) is 19.6 Å². The van der Waals surface area contributed by atoms with Crippen LogP contribution in [-0.2, 0) is 4.74 Å². The molecular weight excluding hydrogens is 237 g/mol. The van der Waals surface area contributed by atoms with Gasteiger partial charge in [0.05, 0.1) is 13.1 Å². The highest BCUT2D eigenvalue weighted by Crippen LogP contribution is 2.29. The molecule has 0 bridgehead atoms. The maximum absolute atomic E-state index is 12.1. The fourth-order valence-corrected chi connectivity index (χ4v) is 2.12. The maximum Gasteiger partial charge on any atom is 0.414 e. The third-order valence-electron chi connectivity index (χ3n) is 3.00. The predicted octanol–water partition coefficient (Wildman–Crippen LogP) is 1.44. The van der Waals surface area contributed by atoms with Gasteiger partial charge in [0, 0.05) is 25.2 Å². The Morgan fingerprint density at radius 3 is 2.53 bits per heavy atom. The molecule has 0 aromatic carbocycles. The van der Waals surface area contributed by atoms with Gasteiger partial charge in [-0.2, -0.15) is 13.2 Å². The largest absolute Gasteiger partial charge is 0.444 e. The lowest BCUT2D eigenvalue weighted by Gasteiger charge is -2.41. The Kier molecular flexibility index (Phi) is 3.03. The molecule has 0 aromatic heterocycles. The number of rotatable bonds is 3. The molecule has 96 valence electrons. The number of cyclic esters (lactones) is 1. The van der Waals surface area contributed by atoms with Crippen molar-refractivity contribution in [2.24, 2.45) is 5.92 Å².